The number of carbonyl (C=O) groups is 1. The predicted octanol–water partition coefficient (Wildman–Crippen LogP) is 2.77. The molecule has 0 saturated heterocycles. The molecule has 2 rings (SSSR count). The Morgan fingerprint density at radius 3 is 3.11 bits per heavy atom. The van der Waals surface area contributed by atoms with Crippen LogP contribution < -0.4 is 0 Å². The number of carbonyl (C=O) groups excluding carboxylic acids is 1. The molecule has 0 bridgehead atoms. The van der Waals surface area contributed by atoms with Crippen LogP contribution in [0, 0.1) is 17.2 Å². The van der Waals surface area contributed by atoms with E-state index < -0.39 is 0 Å². The molecule has 0 radical (unpaired) electrons. The van der Waals surface area contributed by atoms with Gasteiger partial charge in [-0.1, -0.05) is 0 Å². The van der Waals surface area contributed by atoms with Crippen molar-refractivity contribution in [2.75, 3.05) is 19.3 Å². The fraction of sp³-hybridized carbons (Fsp3) is 0.538. The van der Waals surface area contributed by atoms with Gasteiger partial charge in [0, 0.05) is 24.2 Å². The zero-order valence-corrected chi connectivity index (χ0v) is 12.2. The lowest BCUT2D eigenvalue weighted by Crippen LogP contribution is -2.30. The minimum absolute atomic E-state index is 0.0431. The van der Waals surface area contributed by atoms with E-state index in [0.29, 0.717) is 6.54 Å². The highest BCUT2D eigenvalue weighted by molar-refractivity contribution is 7.98. The molecule has 1 aliphatic rings. The minimum atomic E-state index is -0.121. The van der Waals surface area contributed by atoms with Gasteiger partial charge in [0.2, 0.25) is 0 Å². The van der Waals surface area contributed by atoms with Gasteiger partial charge in [-0.25, -0.2) is 0 Å². The van der Waals surface area contributed by atoms with Gasteiger partial charge >= 0.3 is 0 Å². The van der Waals surface area contributed by atoms with Crippen molar-refractivity contribution in [2.24, 2.45) is 5.92 Å². The molecule has 0 aliphatic carbocycles. The largest absolute Gasteiger partial charge is 0.340 e. The molecule has 0 N–H and O–H groups in total. The van der Waals surface area contributed by atoms with Crippen molar-refractivity contribution in [3.8, 4) is 6.07 Å². The number of amides is 1. The highest BCUT2D eigenvalue weighted by Gasteiger charge is 2.20. The van der Waals surface area contributed by atoms with Crippen molar-refractivity contribution < 1.29 is 4.79 Å². The van der Waals surface area contributed by atoms with Crippen LogP contribution in [-0.4, -0.2) is 30.2 Å². The predicted molar refractivity (Wildman–Crippen MR) is 75.9 cm³/mol. The zero-order chi connectivity index (χ0) is 13.1. The van der Waals surface area contributed by atoms with E-state index in [9.17, 15) is 4.79 Å². The number of thiophene rings is 1. The maximum Gasteiger partial charge on any atom is 0.263 e. The van der Waals surface area contributed by atoms with Crippen LogP contribution >= 0.6 is 23.1 Å². The van der Waals surface area contributed by atoms with E-state index in [0.717, 1.165) is 22.8 Å². The summed E-state index contributed by atoms with van der Waals surface area (Å²) in [5, 5.41) is 8.78. The first-order valence-corrected chi connectivity index (χ1v) is 7.93. The third-order valence-electron chi connectivity index (χ3n) is 2.95. The second-order valence-corrected chi connectivity index (χ2v) is 6.82. The Kier molecular flexibility index (Phi) is 4.31. The maximum absolute atomic E-state index is 12.2. The molecule has 0 fully saturated rings. The van der Waals surface area contributed by atoms with E-state index >= 15 is 0 Å². The number of thioether (sulfide) groups is 1. The lowest BCUT2D eigenvalue weighted by Gasteiger charge is -2.17. The summed E-state index contributed by atoms with van der Waals surface area (Å²) >= 11 is 3.54. The van der Waals surface area contributed by atoms with Crippen molar-refractivity contribution in [3.05, 3.63) is 21.4 Å². The molecule has 1 unspecified atom stereocenters. The van der Waals surface area contributed by atoms with Gasteiger partial charge < -0.3 is 4.90 Å². The summed E-state index contributed by atoms with van der Waals surface area (Å²) in [4.78, 5) is 16.1. The molecule has 3 nitrogen and oxygen atoms in total. The molecular formula is C13H16N2OS2. The monoisotopic (exact) mass is 280 g/mol. The van der Waals surface area contributed by atoms with Gasteiger partial charge in [-0.05, 0) is 30.7 Å². The van der Waals surface area contributed by atoms with Crippen molar-refractivity contribution in [3.63, 3.8) is 0 Å². The van der Waals surface area contributed by atoms with E-state index in [1.807, 2.05) is 24.8 Å². The van der Waals surface area contributed by atoms with Crippen molar-refractivity contribution in [1.82, 2.24) is 4.90 Å². The first-order valence-electron chi connectivity index (χ1n) is 5.96. The summed E-state index contributed by atoms with van der Waals surface area (Å²) in [7, 11) is 1.77. The quantitative estimate of drug-likeness (QED) is 0.855. The van der Waals surface area contributed by atoms with Crippen LogP contribution in [-0.2, 0) is 12.2 Å². The number of rotatable bonds is 3. The molecule has 2 heterocycles. The summed E-state index contributed by atoms with van der Waals surface area (Å²) in [6.45, 7) is 2.33. The second kappa shape index (κ2) is 5.77. The van der Waals surface area contributed by atoms with Crippen LogP contribution in [0.25, 0.3) is 0 Å². The van der Waals surface area contributed by atoms with E-state index in [4.69, 9.17) is 5.26 Å². The summed E-state index contributed by atoms with van der Waals surface area (Å²) < 4.78 is 0. The first kappa shape index (κ1) is 13.4. The van der Waals surface area contributed by atoms with Gasteiger partial charge in [-0.15, -0.1) is 11.3 Å². The summed E-state index contributed by atoms with van der Waals surface area (Å²) in [5.41, 5.74) is 1.32. The van der Waals surface area contributed by atoms with Crippen molar-refractivity contribution in [2.45, 2.75) is 19.1 Å². The topological polar surface area (TPSA) is 44.1 Å². The van der Waals surface area contributed by atoms with Gasteiger partial charge in [0.15, 0.2) is 0 Å². The number of aryl methyl sites for hydroxylation is 1. The first-order chi connectivity index (χ1) is 8.61. The maximum atomic E-state index is 12.2. The molecule has 1 aromatic rings. The highest BCUT2D eigenvalue weighted by Crippen LogP contribution is 2.32. The third-order valence-corrected chi connectivity index (χ3v) is 5.19. The van der Waals surface area contributed by atoms with E-state index in [-0.39, 0.29) is 11.8 Å². The lowest BCUT2D eigenvalue weighted by molar-refractivity contribution is 0.0790. The average molecular weight is 280 g/mol. The molecule has 1 aromatic heterocycles. The smallest absolute Gasteiger partial charge is 0.263 e. The van der Waals surface area contributed by atoms with Crippen LogP contribution in [0.4, 0.5) is 0 Å². The minimum Gasteiger partial charge on any atom is -0.340 e. The Morgan fingerprint density at radius 1 is 1.67 bits per heavy atom. The van der Waals surface area contributed by atoms with Crippen LogP contribution in [0.1, 0.15) is 27.0 Å². The fourth-order valence-electron chi connectivity index (χ4n) is 1.98. The fourth-order valence-corrected chi connectivity index (χ4v) is 4.34. The van der Waals surface area contributed by atoms with Gasteiger partial charge in [0.1, 0.15) is 0 Å². The molecule has 1 atom stereocenters. The Balaban J connectivity index is 2.09. The van der Waals surface area contributed by atoms with Crippen LogP contribution in [0.3, 0.4) is 0 Å². The Hall–Kier alpha value is -0.990. The Bertz CT molecular complexity index is 466. The van der Waals surface area contributed by atoms with E-state index in [1.165, 1.54) is 10.4 Å². The van der Waals surface area contributed by atoms with Gasteiger partial charge in [-0.2, -0.15) is 17.0 Å². The number of nitrogens with zero attached hydrogens (tertiary/aromatic N) is 2. The van der Waals surface area contributed by atoms with Crippen LogP contribution in [0.5, 0.6) is 0 Å². The SMILES string of the molecule is CC(C#N)CN(C)C(=O)c1cc2c(s1)CCSC2. The lowest BCUT2D eigenvalue weighted by atomic mass is 10.2. The van der Waals surface area contributed by atoms with Crippen LogP contribution in [0.2, 0.25) is 0 Å². The summed E-state index contributed by atoms with van der Waals surface area (Å²) in [6.07, 6.45) is 1.08. The Morgan fingerprint density at radius 2 is 2.44 bits per heavy atom. The molecular weight excluding hydrogens is 264 g/mol. The molecule has 18 heavy (non-hydrogen) atoms. The van der Waals surface area contributed by atoms with Crippen LogP contribution in [0.15, 0.2) is 6.07 Å². The number of fused-ring (bicyclic) bond motifs is 1. The molecule has 96 valence electrons. The number of hydrogen-bond donors (Lipinski definition) is 0. The van der Waals surface area contributed by atoms with Crippen molar-refractivity contribution >= 4 is 29.0 Å². The molecule has 0 spiro atoms. The van der Waals surface area contributed by atoms with E-state index in [2.05, 4.69) is 6.07 Å². The summed E-state index contributed by atoms with van der Waals surface area (Å²) in [5.74, 6) is 2.10. The molecule has 5 heteroatoms. The molecule has 1 aliphatic heterocycles. The van der Waals surface area contributed by atoms with Gasteiger partial charge in [-0.3, -0.25) is 4.79 Å². The second-order valence-electron chi connectivity index (χ2n) is 4.58. The third kappa shape index (κ3) is 2.88. The zero-order valence-electron chi connectivity index (χ0n) is 10.6. The number of nitriles is 1. The molecule has 1 amide bonds. The normalized spacial score (nSPS) is 15.6. The van der Waals surface area contributed by atoms with Crippen molar-refractivity contribution in [1.29, 1.82) is 5.26 Å². The average Bonchev–Trinajstić information content (AvgIpc) is 2.81. The standard InChI is InChI=1S/C13H16N2OS2/c1-9(6-14)7-15(2)13(16)12-5-10-8-17-4-3-11(10)18-12/h5,9H,3-4,7-8H2,1-2H3. The summed E-state index contributed by atoms with van der Waals surface area (Å²) in [6, 6.07) is 4.19. The number of hydrogen-bond acceptors (Lipinski definition) is 4. The Labute approximate surface area is 116 Å². The highest BCUT2D eigenvalue weighted by atomic mass is 32.2. The van der Waals surface area contributed by atoms with Gasteiger partial charge in [0.05, 0.1) is 16.9 Å². The van der Waals surface area contributed by atoms with E-state index in [1.54, 1.807) is 23.3 Å². The molecule has 0 aromatic carbocycles. The van der Waals surface area contributed by atoms with Gasteiger partial charge in [0.25, 0.3) is 5.91 Å². The molecule has 0 saturated carbocycles.